The summed E-state index contributed by atoms with van der Waals surface area (Å²) in [6, 6.07) is 8.45. The molecule has 0 aliphatic rings. The molecule has 0 aliphatic carbocycles. The van der Waals surface area contributed by atoms with E-state index < -0.39 is 0 Å². The van der Waals surface area contributed by atoms with Crippen molar-refractivity contribution < 1.29 is 2.85 Å². The Morgan fingerprint density at radius 1 is 1.11 bits per heavy atom. The summed E-state index contributed by atoms with van der Waals surface area (Å²) in [7, 11) is 0. The van der Waals surface area contributed by atoms with Gasteiger partial charge < -0.3 is 2.85 Å². The molecule has 0 spiro atoms. The van der Waals surface area contributed by atoms with Crippen LogP contribution >= 0.6 is 0 Å². The molecule has 0 aromatic heterocycles. The standard InChI is InChI=1S/C8H10.Mg.2H/c1-7-4-3-5-8(2)6-7;;;/h3-6H,1-2H3;;;/q;+2;2*-1. The van der Waals surface area contributed by atoms with E-state index in [1.807, 2.05) is 0 Å². The van der Waals surface area contributed by atoms with Gasteiger partial charge in [-0.3, -0.25) is 0 Å². The van der Waals surface area contributed by atoms with E-state index in [9.17, 15) is 0 Å². The summed E-state index contributed by atoms with van der Waals surface area (Å²) in [6.07, 6.45) is 0. The van der Waals surface area contributed by atoms with E-state index in [0.29, 0.717) is 0 Å². The maximum absolute atomic E-state index is 2.17. The summed E-state index contributed by atoms with van der Waals surface area (Å²) in [6.45, 7) is 4.21. The Labute approximate surface area is 75.4 Å². The van der Waals surface area contributed by atoms with Gasteiger partial charge in [0, 0.05) is 0 Å². The van der Waals surface area contributed by atoms with Gasteiger partial charge in [0.15, 0.2) is 0 Å². The summed E-state index contributed by atoms with van der Waals surface area (Å²) < 4.78 is 0. The van der Waals surface area contributed by atoms with Gasteiger partial charge in [0.2, 0.25) is 0 Å². The number of aryl methyl sites for hydroxylation is 2. The van der Waals surface area contributed by atoms with Crippen LogP contribution in [0.4, 0.5) is 0 Å². The Balaban J connectivity index is -0.000000213. The van der Waals surface area contributed by atoms with E-state index in [4.69, 9.17) is 0 Å². The first kappa shape index (κ1) is 8.99. The SMILES string of the molecule is Cc1cccc(C)c1.[H-].[H-].[Mg+2]. The van der Waals surface area contributed by atoms with Gasteiger partial charge in [0.25, 0.3) is 0 Å². The minimum atomic E-state index is 0. The Morgan fingerprint density at radius 3 is 1.78 bits per heavy atom. The van der Waals surface area contributed by atoms with Crippen LogP contribution in [0.1, 0.15) is 14.0 Å². The normalized spacial score (nSPS) is 8.22. The van der Waals surface area contributed by atoms with Crippen molar-refractivity contribution in [1.82, 2.24) is 0 Å². The second kappa shape index (κ2) is 3.91. The van der Waals surface area contributed by atoms with Crippen LogP contribution in [0.15, 0.2) is 24.3 Å². The smallest absolute Gasteiger partial charge is 1.00 e. The van der Waals surface area contributed by atoms with E-state index in [1.54, 1.807) is 0 Å². The zero-order chi connectivity index (χ0) is 5.98. The maximum Gasteiger partial charge on any atom is 2.00 e. The van der Waals surface area contributed by atoms with Crippen molar-refractivity contribution >= 4 is 23.1 Å². The molecule has 1 heteroatoms. The predicted molar refractivity (Wildman–Crippen MR) is 43.9 cm³/mol. The second-order valence-corrected chi connectivity index (χ2v) is 2.16. The Bertz CT molecular complexity index is 172. The summed E-state index contributed by atoms with van der Waals surface area (Å²) in [4.78, 5) is 0. The third-order valence-electron chi connectivity index (χ3n) is 1.17. The molecule has 0 aliphatic heterocycles. The van der Waals surface area contributed by atoms with Gasteiger partial charge in [-0.25, -0.2) is 0 Å². The molecule has 0 amide bonds. The van der Waals surface area contributed by atoms with Crippen molar-refractivity contribution in [2.45, 2.75) is 13.8 Å². The first-order valence-electron chi connectivity index (χ1n) is 2.82. The van der Waals surface area contributed by atoms with Crippen molar-refractivity contribution in [2.75, 3.05) is 0 Å². The molecule has 1 aromatic carbocycles. The zero-order valence-corrected chi connectivity index (χ0v) is 7.43. The van der Waals surface area contributed by atoms with Gasteiger partial charge in [-0.2, -0.15) is 0 Å². The monoisotopic (exact) mass is 132 g/mol. The maximum atomic E-state index is 2.17. The number of benzene rings is 1. The molecular weight excluding hydrogens is 120 g/mol. The molecule has 9 heavy (non-hydrogen) atoms. The molecule has 1 rings (SSSR count). The first-order chi connectivity index (χ1) is 3.79. The number of hydrogen-bond donors (Lipinski definition) is 0. The van der Waals surface area contributed by atoms with Crippen molar-refractivity contribution in [3.8, 4) is 0 Å². The van der Waals surface area contributed by atoms with Crippen LogP contribution in [0.25, 0.3) is 0 Å². The number of hydrogen-bond acceptors (Lipinski definition) is 0. The second-order valence-electron chi connectivity index (χ2n) is 2.16. The van der Waals surface area contributed by atoms with Gasteiger partial charge in [-0.1, -0.05) is 35.4 Å². The molecular formula is C8H12Mg. The quantitative estimate of drug-likeness (QED) is 0.475. The zero-order valence-electron chi connectivity index (χ0n) is 8.02. The third-order valence-corrected chi connectivity index (χ3v) is 1.17. The topological polar surface area (TPSA) is 0 Å². The van der Waals surface area contributed by atoms with Gasteiger partial charge >= 0.3 is 23.1 Å². The summed E-state index contributed by atoms with van der Waals surface area (Å²) in [5, 5.41) is 0. The molecule has 0 nitrogen and oxygen atoms in total. The molecule has 0 atom stereocenters. The average molecular weight is 132 g/mol. The van der Waals surface area contributed by atoms with Crippen LogP contribution < -0.4 is 0 Å². The fraction of sp³-hybridized carbons (Fsp3) is 0.250. The first-order valence-corrected chi connectivity index (χ1v) is 2.82. The molecule has 46 valence electrons. The molecule has 0 saturated heterocycles. The Hall–Kier alpha value is -0.0138. The molecule has 0 saturated carbocycles. The minimum absolute atomic E-state index is 0. The molecule has 0 heterocycles. The Morgan fingerprint density at radius 2 is 1.56 bits per heavy atom. The summed E-state index contributed by atoms with van der Waals surface area (Å²) in [5.41, 5.74) is 2.68. The summed E-state index contributed by atoms with van der Waals surface area (Å²) in [5.74, 6) is 0. The van der Waals surface area contributed by atoms with Crippen LogP contribution in [0, 0.1) is 13.8 Å². The van der Waals surface area contributed by atoms with E-state index in [-0.39, 0.29) is 25.9 Å². The molecule has 0 bridgehead atoms. The molecule has 0 unspecified atom stereocenters. The molecule has 0 fully saturated rings. The van der Waals surface area contributed by atoms with Crippen molar-refractivity contribution in [3.05, 3.63) is 35.4 Å². The van der Waals surface area contributed by atoms with Crippen LogP contribution in [0.3, 0.4) is 0 Å². The van der Waals surface area contributed by atoms with E-state index >= 15 is 0 Å². The summed E-state index contributed by atoms with van der Waals surface area (Å²) >= 11 is 0. The van der Waals surface area contributed by atoms with Crippen molar-refractivity contribution in [3.63, 3.8) is 0 Å². The molecule has 0 N–H and O–H groups in total. The van der Waals surface area contributed by atoms with Crippen molar-refractivity contribution in [2.24, 2.45) is 0 Å². The minimum Gasteiger partial charge on any atom is -1.00 e. The molecule has 0 radical (unpaired) electrons. The van der Waals surface area contributed by atoms with Crippen LogP contribution in [-0.2, 0) is 0 Å². The van der Waals surface area contributed by atoms with Gasteiger partial charge in [-0.15, -0.1) is 0 Å². The van der Waals surface area contributed by atoms with Crippen LogP contribution in [0.2, 0.25) is 0 Å². The number of rotatable bonds is 0. The van der Waals surface area contributed by atoms with E-state index in [0.717, 1.165) is 0 Å². The van der Waals surface area contributed by atoms with Crippen molar-refractivity contribution in [1.29, 1.82) is 0 Å². The third kappa shape index (κ3) is 2.87. The largest absolute Gasteiger partial charge is 2.00 e. The van der Waals surface area contributed by atoms with Gasteiger partial charge in [0.1, 0.15) is 0 Å². The average Bonchev–Trinajstić information content (AvgIpc) is 1.64. The fourth-order valence-electron chi connectivity index (χ4n) is 0.807. The van der Waals surface area contributed by atoms with Gasteiger partial charge in [0.05, 0.1) is 0 Å². The van der Waals surface area contributed by atoms with E-state index in [1.165, 1.54) is 11.1 Å². The van der Waals surface area contributed by atoms with E-state index in [2.05, 4.69) is 38.1 Å². The molecule has 1 aromatic rings. The predicted octanol–water partition coefficient (Wildman–Crippen LogP) is 2.15. The fourth-order valence-corrected chi connectivity index (χ4v) is 0.807. The van der Waals surface area contributed by atoms with Gasteiger partial charge in [-0.05, 0) is 13.8 Å². The van der Waals surface area contributed by atoms with Crippen LogP contribution in [-0.4, -0.2) is 23.1 Å². The van der Waals surface area contributed by atoms with Crippen LogP contribution in [0.5, 0.6) is 0 Å². The Kier molecular flexibility index (Phi) is 3.90.